The van der Waals surface area contributed by atoms with E-state index in [4.69, 9.17) is 14.5 Å². The van der Waals surface area contributed by atoms with Crippen molar-refractivity contribution in [3.63, 3.8) is 0 Å². The summed E-state index contributed by atoms with van der Waals surface area (Å²) in [6.45, 7) is 10.4. The molecule has 8 heteroatoms. The minimum absolute atomic E-state index is 0.323. The predicted molar refractivity (Wildman–Crippen MR) is 155 cm³/mol. The van der Waals surface area contributed by atoms with Crippen molar-refractivity contribution < 1.29 is 9.47 Å². The van der Waals surface area contributed by atoms with Crippen molar-refractivity contribution in [1.82, 2.24) is 19.9 Å². The van der Waals surface area contributed by atoms with E-state index in [0.29, 0.717) is 23.9 Å². The highest BCUT2D eigenvalue weighted by molar-refractivity contribution is 5.62. The second-order valence-corrected chi connectivity index (χ2v) is 11.2. The van der Waals surface area contributed by atoms with Gasteiger partial charge in [-0.25, -0.2) is 9.97 Å². The average molecular weight is 529 g/mol. The van der Waals surface area contributed by atoms with Gasteiger partial charge < -0.3 is 19.7 Å². The normalized spacial score (nSPS) is 22.4. The summed E-state index contributed by atoms with van der Waals surface area (Å²) in [6, 6.07) is 15.4. The monoisotopic (exact) mass is 528 g/mol. The molecular weight excluding hydrogens is 488 g/mol. The molecule has 6 rings (SSSR count). The molecule has 3 aliphatic rings. The van der Waals surface area contributed by atoms with Crippen LogP contribution in [0.3, 0.4) is 0 Å². The molecule has 3 aromatic rings. The van der Waals surface area contributed by atoms with Crippen molar-refractivity contribution in [2.24, 2.45) is 5.92 Å². The first kappa shape index (κ1) is 26.0. The molecule has 2 saturated heterocycles. The third-order valence-corrected chi connectivity index (χ3v) is 8.61. The first-order valence-corrected chi connectivity index (χ1v) is 14.5. The molecule has 1 aliphatic carbocycles. The lowest BCUT2D eigenvalue weighted by Gasteiger charge is -2.43. The van der Waals surface area contributed by atoms with Crippen LogP contribution >= 0.6 is 0 Å². The van der Waals surface area contributed by atoms with Crippen LogP contribution in [-0.2, 0) is 4.74 Å². The average Bonchev–Trinajstić information content (AvgIpc) is 2.95. The molecular formula is C31H40N6O2. The molecule has 1 aromatic heterocycles. The van der Waals surface area contributed by atoms with Gasteiger partial charge in [0.25, 0.3) is 0 Å². The Kier molecular flexibility index (Phi) is 7.93. The zero-order chi connectivity index (χ0) is 26.6. The van der Waals surface area contributed by atoms with Gasteiger partial charge in [-0.05, 0) is 86.6 Å². The molecule has 0 atom stereocenters. The van der Waals surface area contributed by atoms with Crippen molar-refractivity contribution in [2.45, 2.75) is 58.1 Å². The summed E-state index contributed by atoms with van der Waals surface area (Å²) < 4.78 is 11.7. The predicted octanol–water partition coefficient (Wildman–Crippen LogP) is 5.46. The molecule has 1 N–H and O–H groups in total. The maximum Gasteiger partial charge on any atom is 0.230 e. The lowest BCUT2D eigenvalue weighted by molar-refractivity contribution is -0.0660. The summed E-state index contributed by atoms with van der Waals surface area (Å²) in [5, 5.41) is 3.34. The maximum atomic E-state index is 6.37. The SMILES string of the molecule is CCC1CCC(Oc2ccc(-c3ncnc(Nc4ccc(N5CCN(C6COC6)CC5)cc4)n3)cc2C)CC1. The van der Waals surface area contributed by atoms with Gasteiger partial charge in [-0.2, -0.15) is 4.98 Å². The van der Waals surface area contributed by atoms with Crippen LogP contribution in [0, 0.1) is 12.8 Å². The fourth-order valence-electron chi connectivity index (χ4n) is 5.92. The van der Waals surface area contributed by atoms with Crippen LogP contribution < -0.4 is 15.0 Å². The Bertz CT molecular complexity index is 1230. The molecule has 206 valence electrons. The fourth-order valence-corrected chi connectivity index (χ4v) is 5.92. The summed E-state index contributed by atoms with van der Waals surface area (Å²) in [4.78, 5) is 18.5. The van der Waals surface area contributed by atoms with Crippen molar-refractivity contribution in [3.05, 3.63) is 54.4 Å². The highest BCUT2D eigenvalue weighted by atomic mass is 16.5. The van der Waals surface area contributed by atoms with E-state index in [9.17, 15) is 0 Å². The summed E-state index contributed by atoms with van der Waals surface area (Å²) in [5.41, 5.74) is 4.27. The Morgan fingerprint density at radius 2 is 1.72 bits per heavy atom. The molecule has 0 bridgehead atoms. The molecule has 3 heterocycles. The van der Waals surface area contributed by atoms with Gasteiger partial charge in [0.1, 0.15) is 12.1 Å². The van der Waals surface area contributed by atoms with Crippen molar-refractivity contribution in [3.8, 4) is 17.1 Å². The fraction of sp³-hybridized carbons (Fsp3) is 0.516. The minimum Gasteiger partial charge on any atom is -0.490 e. The summed E-state index contributed by atoms with van der Waals surface area (Å²) in [6.07, 6.45) is 8.01. The number of aromatic nitrogens is 3. The summed E-state index contributed by atoms with van der Waals surface area (Å²) in [7, 11) is 0. The van der Waals surface area contributed by atoms with Crippen molar-refractivity contribution in [1.29, 1.82) is 0 Å². The molecule has 1 saturated carbocycles. The number of nitrogens with one attached hydrogen (secondary N) is 1. The van der Waals surface area contributed by atoms with E-state index in [1.807, 2.05) is 6.07 Å². The van der Waals surface area contributed by atoms with Gasteiger partial charge >= 0.3 is 0 Å². The highest BCUT2D eigenvalue weighted by Crippen LogP contribution is 2.32. The molecule has 0 radical (unpaired) electrons. The number of hydrogen-bond donors (Lipinski definition) is 1. The van der Waals surface area contributed by atoms with Gasteiger partial charge in [-0.1, -0.05) is 13.3 Å². The Morgan fingerprint density at radius 3 is 2.38 bits per heavy atom. The third-order valence-electron chi connectivity index (χ3n) is 8.61. The Labute approximate surface area is 231 Å². The first-order chi connectivity index (χ1) is 19.1. The van der Waals surface area contributed by atoms with Crippen LogP contribution in [0.5, 0.6) is 5.75 Å². The van der Waals surface area contributed by atoms with Crippen LogP contribution in [0.25, 0.3) is 11.4 Å². The number of ether oxygens (including phenoxy) is 2. The van der Waals surface area contributed by atoms with E-state index in [2.05, 4.69) is 75.3 Å². The van der Waals surface area contributed by atoms with Crippen LogP contribution in [0.4, 0.5) is 17.3 Å². The molecule has 2 aromatic carbocycles. The topological polar surface area (TPSA) is 75.6 Å². The van der Waals surface area contributed by atoms with Crippen LogP contribution in [0.1, 0.15) is 44.6 Å². The van der Waals surface area contributed by atoms with E-state index in [1.165, 1.54) is 24.9 Å². The second kappa shape index (κ2) is 11.9. The lowest BCUT2D eigenvalue weighted by Crippen LogP contribution is -2.56. The molecule has 8 nitrogen and oxygen atoms in total. The Hall–Kier alpha value is -3.23. The van der Waals surface area contributed by atoms with Gasteiger partial charge in [0.15, 0.2) is 5.82 Å². The molecule has 2 aliphatic heterocycles. The largest absolute Gasteiger partial charge is 0.490 e. The third kappa shape index (κ3) is 6.17. The van der Waals surface area contributed by atoms with E-state index in [0.717, 1.165) is 80.7 Å². The minimum atomic E-state index is 0.323. The number of hydrogen-bond acceptors (Lipinski definition) is 8. The number of rotatable bonds is 8. The van der Waals surface area contributed by atoms with E-state index < -0.39 is 0 Å². The lowest BCUT2D eigenvalue weighted by atomic mass is 9.86. The maximum absolute atomic E-state index is 6.37. The van der Waals surface area contributed by atoms with Gasteiger partial charge in [-0.15, -0.1) is 0 Å². The summed E-state index contributed by atoms with van der Waals surface area (Å²) in [5.74, 6) is 3.02. The number of piperazine rings is 1. The quantitative estimate of drug-likeness (QED) is 0.413. The number of benzene rings is 2. The number of aryl methyl sites for hydroxylation is 1. The highest BCUT2D eigenvalue weighted by Gasteiger charge is 2.29. The van der Waals surface area contributed by atoms with E-state index in [1.54, 1.807) is 6.33 Å². The molecule has 0 unspecified atom stereocenters. The van der Waals surface area contributed by atoms with Gasteiger partial charge in [0.05, 0.1) is 25.4 Å². The van der Waals surface area contributed by atoms with Crippen molar-refractivity contribution in [2.75, 3.05) is 49.6 Å². The van der Waals surface area contributed by atoms with Crippen LogP contribution in [-0.4, -0.2) is 71.4 Å². The van der Waals surface area contributed by atoms with E-state index in [-0.39, 0.29) is 0 Å². The molecule has 0 amide bonds. The zero-order valence-electron chi connectivity index (χ0n) is 23.2. The smallest absolute Gasteiger partial charge is 0.230 e. The first-order valence-electron chi connectivity index (χ1n) is 14.5. The Morgan fingerprint density at radius 1 is 0.949 bits per heavy atom. The second-order valence-electron chi connectivity index (χ2n) is 11.2. The van der Waals surface area contributed by atoms with Crippen molar-refractivity contribution >= 4 is 17.3 Å². The summed E-state index contributed by atoms with van der Waals surface area (Å²) >= 11 is 0. The van der Waals surface area contributed by atoms with Gasteiger partial charge in [0, 0.05) is 43.1 Å². The van der Waals surface area contributed by atoms with Crippen LogP contribution in [0.2, 0.25) is 0 Å². The van der Waals surface area contributed by atoms with Gasteiger partial charge in [-0.3, -0.25) is 4.90 Å². The number of anilines is 3. The Balaban J connectivity index is 1.06. The van der Waals surface area contributed by atoms with Gasteiger partial charge in [0.2, 0.25) is 5.95 Å². The molecule has 0 spiro atoms. The van der Waals surface area contributed by atoms with Crippen LogP contribution in [0.15, 0.2) is 48.8 Å². The zero-order valence-corrected chi connectivity index (χ0v) is 23.2. The molecule has 3 fully saturated rings. The van der Waals surface area contributed by atoms with E-state index >= 15 is 0 Å². The standard InChI is InChI=1S/C31H40N6O2/c1-3-23-4-11-28(12-5-23)39-29-13-6-24(18-22(29)2)30-32-21-33-31(35-30)34-25-7-9-26(10-8-25)36-14-16-37(17-15-36)27-19-38-20-27/h6-10,13,18,21,23,27-28H,3-5,11-12,14-17,19-20H2,1-2H3,(H,32,33,34,35). The molecule has 39 heavy (non-hydrogen) atoms. The number of nitrogens with zero attached hydrogens (tertiary/aromatic N) is 5.